The second kappa shape index (κ2) is 6.52. The van der Waals surface area contributed by atoms with Crippen LogP contribution >= 0.6 is 0 Å². The van der Waals surface area contributed by atoms with Crippen molar-refractivity contribution in [3.05, 3.63) is 48.2 Å². The van der Waals surface area contributed by atoms with Crippen LogP contribution in [-0.4, -0.2) is 40.5 Å². The van der Waals surface area contributed by atoms with Crippen molar-refractivity contribution in [3.63, 3.8) is 0 Å². The third-order valence-electron chi connectivity index (χ3n) is 5.49. The van der Waals surface area contributed by atoms with Gasteiger partial charge in [0, 0.05) is 37.8 Å². The second-order valence-electron chi connectivity index (χ2n) is 6.88. The number of aryl methyl sites for hydroxylation is 1. The molecule has 1 N–H and O–H groups in total. The smallest absolute Gasteiger partial charge is 0.323 e. The first-order valence-corrected chi connectivity index (χ1v) is 8.96. The fourth-order valence-electron chi connectivity index (χ4n) is 4.17. The lowest BCUT2D eigenvalue weighted by atomic mass is 9.64. The summed E-state index contributed by atoms with van der Waals surface area (Å²) in [7, 11) is 0. The first kappa shape index (κ1) is 16.1. The second-order valence-corrected chi connectivity index (χ2v) is 6.88. The molecule has 2 aromatic rings. The van der Waals surface area contributed by atoms with Crippen molar-refractivity contribution >= 4 is 11.8 Å². The largest absolute Gasteiger partial charge is 0.381 e. The number of hydrogen-bond donors (Lipinski definition) is 1. The fourth-order valence-corrected chi connectivity index (χ4v) is 4.17. The molecule has 1 aromatic heterocycles. The van der Waals surface area contributed by atoms with Gasteiger partial charge >= 0.3 is 6.03 Å². The molecule has 0 bridgehead atoms. The molecule has 4 rings (SSSR count). The molecule has 1 unspecified atom stereocenters. The Kier molecular flexibility index (Phi) is 4.21. The van der Waals surface area contributed by atoms with Gasteiger partial charge in [-0.1, -0.05) is 30.3 Å². The van der Waals surface area contributed by atoms with E-state index in [2.05, 4.69) is 22.5 Å². The molecule has 25 heavy (non-hydrogen) atoms. The van der Waals surface area contributed by atoms with Crippen LogP contribution in [0.4, 0.5) is 10.6 Å². The van der Waals surface area contributed by atoms with Crippen molar-refractivity contribution in [1.82, 2.24) is 14.7 Å². The molecule has 1 atom stereocenters. The van der Waals surface area contributed by atoms with E-state index in [0.29, 0.717) is 0 Å². The molecule has 2 aliphatic heterocycles. The van der Waals surface area contributed by atoms with E-state index < -0.39 is 0 Å². The first-order valence-electron chi connectivity index (χ1n) is 8.96. The van der Waals surface area contributed by atoms with Gasteiger partial charge in [0.25, 0.3) is 0 Å². The average molecular weight is 340 g/mol. The standard InChI is InChI=1S/C19H24N4O2/c1-2-23-16(8-11-20-23)21-18(24)22-14-19(9-12-25-13-10-19)17(22)15-6-4-3-5-7-15/h3-8,11,17H,2,9-10,12-14H2,1H3,(H,21,24). The number of nitrogens with zero attached hydrogens (tertiary/aromatic N) is 3. The molecule has 1 spiro atoms. The summed E-state index contributed by atoms with van der Waals surface area (Å²) in [6, 6.07) is 12.2. The van der Waals surface area contributed by atoms with Gasteiger partial charge in [0.1, 0.15) is 5.82 Å². The Labute approximate surface area is 147 Å². The van der Waals surface area contributed by atoms with Gasteiger partial charge < -0.3 is 9.64 Å². The zero-order valence-corrected chi connectivity index (χ0v) is 14.5. The van der Waals surface area contributed by atoms with Gasteiger partial charge in [-0.05, 0) is 25.3 Å². The summed E-state index contributed by atoms with van der Waals surface area (Å²) in [5, 5.41) is 7.24. The van der Waals surface area contributed by atoms with Crippen molar-refractivity contribution in [2.75, 3.05) is 25.1 Å². The van der Waals surface area contributed by atoms with E-state index in [1.807, 2.05) is 36.1 Å². The van der Waals surface area contributed by atoms with E-state index in [1.165, 1.54) is 5.56 Å². The zero-order chi connectivity index (χ0) is 17.3. The maximum Gasteiger partial charge on any atom is 0.323 e. The van der Waals surface area contributed by atoms with Crippen LogP contribution in [0.1, 0.15) is 31.4 Å². The molecule has 1 aromatic carbocycles. The minimum Gasteiger partial charge on any atom is -0.381 e. The van der Waals surface area contributed by atoms with Crippen molar-refractivity contribution in [2.45, 2.75) is 32.4 Å². The van der Waals surface area contributed by atoms with E-state index in [9.17, 15) is 4.79 Å². The van der Waals surface area contributed by atoms with Gasteiger partial charge in [0.15, 0.2) is 0 Å². The Balaban J connectivity index is 1.57. The van der Waals surface area contributed by atoms with E-state index in [4.69, 9.17) is 4.74 Å². The number of amides is 2. The summed E-state index contributed by atoms with van der Waals surface area (Å²) in [6.07, 6.45) is 3.72. The van der Waals surface area contributed by atoms with Gasteiger partial charge in [-0.3, -0.25) is 5.32 Å². The SMILES string of the molecule is CCn1nccc1NC(=O)N1CC2(CCOCC2)C1c1ccccc1. The molecule has 0 aliphatic carbocycles. The molecule has 3 heterocycles. The Morgan fingerprint density at radius 1 is 1.28 bits per heavy atom. The van der Waals surface area contributed by atoms with E-state index in [1.54, 1.807) is 10.9 Å². The number of carbonyl (C=O) groups is 1. The Morgan fingerprint density at radius 3 is 2.76 bits per heavy atom. The van der Waals surface area contributed by atoms with E-state index in [0.717, 1.165) is 45.0 Å². The normalized spacial score (nSPS) is 21.8. The predicted molar refractivity (Wildman–Crippen MR) is 95.3 cm³/mol. The number of hydrogen-bond acceptors (Lipinski definition) is 3. The quantitative estimate of drug-likeness (QED) is 0.933. The van der Waals surface area contributed by atoms with Crippen molar-refractivity contribution < 1.29 is 9.53 Å². The van der Waals surface area contributed by atoms with Crippen LogP contribution < -0.4 is 5.32 Å². The molecule has 2 amide bonds. The molecule has 2 saturated heterocycles. The Morgan fingerprint density at radius 2 is 2.04 bits per heavy atom. The lowest BCUT2D eigenvalue weighted by Crippen LogP contribution is -2.63. The number of nitrogens with one attached hydrogen (secondary N) is 1. The van der Waals surface area contributed by atoms with Crippen LogP contribution in [0.25, 0.3) is 0 Å². The molecule has 6 nitrogen and oxygen atoms in total. The highest BCUT2D eigenvalue weighted by Gasteiger charge is 2.55. The highest BCUT2D eigenvalue weighted by atomic mass is 16.5. The first-order chi connectivity index (χ1) is 12.2. The maximum absolute atomic E-state index is 12.9. The number of benzene rings is 1. The molecule has 0 radical (unpaired) electrons. The average Bonchev–Trinajstić information content (AvgIpc) is 3.08. The number of anilines is 1. The highest BCUT2D eigenvalue weighted by molar-refractivity contribution is 5.89. The minimum atomic E-state index is -0.0545. The molecule has 0 saturated carbocycles. The summed E-state index contributed by atoms with van der Waals surface area (Å²) in [4.78, 5) is 14.9. The van der Waals surface area contributed by atoms with Crippen LogP contribution in [0.2, 0.25) is 0 Å². The highest BCUT2D eigenvalue weighted by Crippen LogP contribution is 2.54. The molecule has 2 aliphatic rings. The number of urea groups is 1. The third-order valence-corrected chi connectivity index (χ3v) is 5.49. The number of aromatic nitrogens is 2. The van der Waals surface area contributed by atoms with Crippen LogP contribution in [-0.2, 0) is 11.3 Å². The summed E-state index contributed by atoms with van der Waals surface area (Å²) in [5.41, 5.74) is 1.34. The summed E-state index contributed by atoms with van der Waals surface area (Å²) >= 11 is 0. The van der Waals surface area contributed by atoms with E-state index >= 15 is 0 Å². The summed E-state index contributed by atoms with van der Waals surface area (Å²) < 4.78 is 7.36. The molecular weight excluding hydrogens is 316 g/mol. The molecular formula is C19H24N4O2. The molecule has 2 fully saturated rings. The topological polar surface area (TPSA) is 59.4 Å². The number of likely N-dealkylation sites (tertiary alicyclic amines) is 1. The summed E-state index contributed by atoms with van der Waals surface area (Å²) in [5.74, 6) is 0.743. The van der Waals surface area contributed by atoms with Crippen LogP contribution in [0.3, 0.4) is 0 Å². The fraction of sp³-hybridized carbons (Fsp3) is 0.474. The Bertz CT molecular complexity index is 737. The lowest BCUT2D eigenvalue weighted by molar-refractivity contribution is -0.109. The molecule has 6 heteroatoms. The van der Waals surface area contributed by atoms with Crippen molar-refractivity contribution in [3.8, 4) is 0 Å². The van der Waals surface area contributed by atoms with Gasteiger partial charge in [-0.2, -0.15) is 5.10 Å². The van der Waals surface area contributed by atoms with Gasteiger partial charge in [-0.25, -0.2) is 9.48 Å². The lowest BCUT2D eigenvalue weighted by Gasteiger charge is -2.59. The van der Waals surface area contributed by atoms with Gasteiger partial charge in [0.2, 0.25) is 0 Å². The molecule has 132 valence electrons. The number of carbonyl (C=O) groups excluding carboxylic acids is 1. The zero-order valence-electron chi connectivity index (χ0n) is 14.5. The van der Waals surface area contributed by atoms with Crippen LogP contribution in [0.5, 0.6) is 0 Å². The van der Waals surface area contributed by atoms with E-state index in [-0.39, 0.29) is 17.5 Å². The third kappa shape index (κ3) is 2.80. The predicted octanol–water partition coefficient (Wildman–Crippen LogP) is 3.29. The number of ether oxygens (including phenoxy) is 1. The minimum absolute atomic E-state index is 0.0545. The van der Waals surface area contributed by atoms with Crippen LogP contribution in [0.15, 0.2) is 42.6 Å². The van der Waals surface area contributed by atoms with Crippen LogP contribution in [0, 0.1) is 5.41 Å². The maximum atomic E-state index is 12.9. The monoisotopic (exact) mass is 340 g/mol. The Hall–Kier alpha value is -2.34. The van der Waals surface area contributed by atoms with Gasteiger partial charge in [0.05, 0.1) is 12.2 Å². The van der Waals surface area contributed by atoms with Gasteiger partial charge in [-0.15, -0.1) is 0 Å². The van der Waals surface area contributed by atoms with Crippen molar-refractivity contribution in [2.24, 2.45) is 5.41 Å². The summed E-state index contributed by atoms with van der Waals surface area (Å²) in [6.45, 7) is 5.08. The number of rotatable bonds is 3. The van der Waals surface area contributed by atoms with Crippen molar-refractivity contribution in [1.29, 1.82) is 0 Å².